The van der Waals surface area contributed by atoms with Crippen LogP contribution in [0.4, 0.5) is 13.2 Å². The Morgan fingerprint density at radius 2 is 1.93 bits per heavy atom. The van der Waals surface area contributed by atoms with Gasteiger partial charge in [0.2, 0.25) is 0 Å². The van der Waals surface area contributed by atoms with Crippen molar-refractivity contribution >= 4 is 5.91 Å². The first-order chi connectivity index (χ1) is 13.3. The highest BCUT2D eigenvalue weighted by Gasteiger charge is 2.44. The van der Waals surface area contributed by atoms with Crippen molar-refractivity contribution in [1.82, 2.24) is 4.90 Å². The largest absolute Gasteiger partial charge is 0.427 e. The highest BCUT2D eigenvalue weighted by atomic mass is 19.4. The van der Waals surface area contributed by atoms with Gasteiger partial charge < -0.3 is 14.1 Å². The lowest BCUT2D eigenvalue weighted by atomic mass is 10.1. The molecule has 0 bridgehead atoms. The zero-order valence-electron chi connectivity index (χ0n) is 15.3. The minimum Gasteiger partial charge on any atom is -0.427 e. The minimum absolute atomic E-state index is 0.0138. The van der Waals surface area contributed by atoms with E-state index in [4.69, 9.17) is 9.15 Å². The van der Waals surface area contributed by atoms with Crippen LogP contribution >= 0.6 is 0 Å². The van der Waals surface area contributed by atoms with Gasteiger partial charge in [0.1, 0.15) is 11.3 Å². The van der Waals surface area contributed by atoms with Gasteiger partial charge in [-0.25, -0.2) is 4.79 Å². The molecule has 2 aromatic rings. The number of nitrogens with zero attached hydrogens (tertiary/aromatic N) is 1. The van der Waals surface area contributed by atoms with Gasteiger partial charge in [0.15, 0.2) is 6.10 Å². The number of ether oxygens (including phenoxy) is 1. The molecule has 3 rings (SSSR count). The van der Waals surface area contributed by atoms with Crippen LogP contribution in [0.3, 0.4) is 0 Å². The number of hydrogen-bond acceptors (Lipinski definition) is 4. The zero-order chi connectivity index (χ0) is 20.3. The van der Waals surface area contributed by atoms with E-state index in [1.54, 1.807) is 13.0 Å². The number of hydrogen-bond donors (Lipinski definition) is 0. The van der Waals surface area contributed by atoms with Crippen LogP contribution in [0.15, 0.2) is 45.6 Å². The van der Waals surface area contributed by atoms with Crippen LogP contribution < -0.4 is 5.63 Å². The van der Waals surface area contributed by atoms with Gasteiger partial charge in [0.05, 0.1) is 13.2 Å². The molecule has 1 aliphatic heterocycles. The Labute approximate surface area is 159 Å². The molecule has 5 nitrogen and oxygen atoms in total. The summed E-state index contributed by atoms with van der Waals surface area (Å²) < 4.78 is 48.6. The van der Waals surface area contributed by atoms with E-state index in [1.165, 1.54) is 0 Å². The molecule has 1 amide bonds. The second-order valence-electron chi connectivity index (χ2n) is 6.70. The van der Waals surface area contributed by atoms with Gasteiger partial charge in [-0.05, 0) is 30.5 Å². The third-order valence-corrected chi connectivity index (χ3v) is 4.64. The first kappa shape index (κ1) is 20.1. The van der Waals surface area contributed by atoms with E-state index in [0.717, 1.165) is 10.5 Å². The summed E-state index contributed by atoms with van der Waals surface area (Å²) in [7, 11) is 0. The zero-order valence-corrected chi connectivity index (χ0v) is 15.3. The molecule has 1 unspecified atom stereocenters. The van der Waals surface area contributed by atoms with E-state index >= 15 is 0 Å². The lowest BCUT2D eigenvalue weighted by Crippen LogP contribution is -2.51. The Hall–Kier alpha value is -2.61. The number of amides is 1. The second-order valence-corrected chi connectivity index (χ2v) is 6.70. The van der Waals surface area contributed by atoms with Gasteiger partial charge in [-0.15, -0.1) is 0 Å². The van der Waals surface area contributed by atoms with Crippen molar-refractivity contribution in [2.75, 3.05) is 19.7 Å². The number of carbonyl (C=O) groups is 1. The molecule has 0 saturated carbocycles. The fourth-order valence-electron chi connectivity index (χ4n) is 3.16. The van der Waals surface area contributed by atoms with Gasteiger partial charge in [-0.3, -0.25) is 4.79 Å². The maximum absolute atomic E-state index is 12.9. The second kappa shape index (κ2) is 8.18. The number of carbonyl (C=O) groups excluding carboxylic acids is 1. The average molecular weight is 395 g/mol. The molecule has 1 aromatic heterocycles. The molecule has 28 heavy (non-hydrogen) atoms. The van der Waals surface area contributed by atoms with Gasteiger partial charge in [0, 0.05) is 13.0 Å². The Kier molecular flexibility index (Phi) is 5.88. The summed E-state index contributed by atoms with van der Waals surface area (Å²) in [5.74, 6) is -0.337. The molecular weight excluding hydrogens is 375 g/mol. The molecule has 2 heterocycles. The number of benzene rings is 1. The van der Waals surface area contributed by atoms with E-state index in [2.05, 4.69) is 0 Å². The summed E-state index contributed by atoms with van der Waals surface area (Å²) in [5.41, 5.74) is 0.406. The van der Waals surface area contributed by atoms with Crippen LogP contribution in [0.5, 0.6) is 0 Å². The molecule has 1 saturated heterocycles. The van der Waals surface area contributed by atoms with Crippen LogP contribution in [-0.4, -0.2) is 42.8 Å². The number of halogens is 3. The molecule has 1 fully saturated rings. The van der Waals surface area contributed by atoms with Crippen LogP contribution in [-0.2, 0) is 17.6 Å². The van der Waals surface area contributed by atoms with E-state index in [1.807, 2.05) is 30.3 Å². The predicted octanol–water partition coefficient (Wildman–Crippen LogP) is 3.14. The van der Waals surface area contributed by atoms with Gasteiger partial charge in [0.25, 0.3) is 5.91 Å². The Balaban J connectivity index is 1.75. The third kappa shape index (κ3) is 4.62. The van der Waals surface area contributed by atoms with E-state index in [-0.39, 0.29) is 18.7 Å². The number of alkyl halides is 3. The van der Waals surface area contributed by atoms with E-state index in [0.29, 0.717) is 24.2 Å². The fraction of sp³-hybridized carbons (Fsp3) is 0.400. The summed E-state index contributed by atoms with van der Waals surface area (Å²) in [6, 6.07) is 11.2. The van der Waals surface area contributed by atoms with Gasteiger partial charge >= 0.3 is 11.8 Å². The summed E-state index contributed by atoms with van der Waals surface area (Å²) in [6.45, 7) is 0.685. The first-order valence-electron chi connectivity index (χ1n) is 8.91. The SMILES string of the molecule is Cc1cc(CCc2ccccc2)oc(=O)c1C(=O)N1CCOC(C(F)(F)F)C1. The average Bonchev–Trinajstić information content (AvgIpc) is 2.66. The fourth-order valence-corrected chi connectivity index (χ4v) is 3.16. The number of morpholine rings is 1. The minimum atomic E-state index is -4.57. The summed E-state index contributed by atoms with van der Waals surface area (Å²) >= 11 is 0. The first-order valence-corrected chi connectivity index (χ1v) is 8.91. The molecule has 0 radical (unpaired) electrons. The lowest BCUT2D eigenvalue weighted by molar-refractivity contribution is -0.233. The van der Waals surface area contributed by atoms with Crippen LogP contribution in [0.25, 0.3) is 0 Å². The maximum Gasteiger partial charge on any atom is 0.416 e. The Morgan fingerprint density at radius 1 is 1.21 bits per heavy atom. The third-order valence-electron chi connectivity index (χ3n) is 4.64. The van der Waals surface area contributed by atoms with Crippen molar-refractivity contribution in [1.29, 1.82) is 0 Å². The maximum atomic E-state index is 12.9. The van der Waals surface area contributed by atoms with Crippen molar-refractivity contribution in [3.05, 3.63) is 69.3 Å². The van der Waals surface area contributed by atoms with Crippen LogP contribution in [0, 0.1) is 6.92 Å². The molecule has 0 spiro atoms. The molecule has 1 aliphatic rings. The molecule has 1 aromatic carbocycles. The van der Waals surface area contributed by atoms with Gasteiger partial charge in [-0.1, -0.05) is 30.3 Å². The normalized spacial score (nSPS) is 17.6. The quantitative estimate of drug-likeness (QED) is 0.798. The number of rotatable bonds is 4. The topological polar surface area (TPSA) is 59.8 Å². The number of aryl methyl sites for hydroxylation is 3. The summed E-state index contributed by atoms with van der Waals surface area (Å²) in [6.07, 6.45) is -5.49. The molecule has 150 valence electrons. The summed E-state index contributed by atoms with van der Waals surface area (Å²) in [4.78, 5) is 26.0. The molecule has 0 N–H and O–H groups in total. The van der Waals surface area contributed by atoms with Crippen molar-refractivity contribution in [2.45, 2.75) is 32.0 Å². The van der Waals surface area contributed by atoms with Gasteiger partial charge in [-0.2, -0.15) is 13.2 Å². The lowest BCUT2D eigenvalue weighted by Gasteiger charge is -2.33. The highest BCUT2D eigenvalue weighted by Crippen LogP contribution is 2.26. The Bertz CT molecular complexity index is 893. The van der Waals surface area contributed by atoms with E-state index < -0.39 is 30.4 Å². The van der Waals surface area contributed by atoms with E-state index in [9.17, 15) is 22.8 Å². The van der Waals surface area contributed by atoms with Crippen molar-refractivity contribution in [3.8, 4) is 0 Å². The Morgan fingerprint density at radius 3 is 2.57 bits per heavy atom. The highest BCUT2D eigenvalue weighted by molar-refractivity contribution is 5.95. The predicted molar refractivity (Wildman–Crippen MR) is 95.3 cm³/mol. The molecular formula is C20H20F3NO4. The van der Waals surface area contributed by atoms with Crippen LogP contribution in [0.1, 0.15) is 27.2 Å². The van der Waals surface area contributed by atoms with Crippen molar-refractivity contribution in [2.24, 2.45) is 0 Å². The summed E-state index contributed by atoms with van der Waals surface area (Å²) in [5, 5.41) is 0. The standard InChI is InChI=1S/C20H20F3NO4/c1-13-11-15(8-7-14-5-3-2-4-6-14)28-19(26)17(13)18(25)24-9-10-27-16(12-24)20(21,22)23/h2-6,11,16H,7-10,12H2,1H3. The molecule has 0 aliphatic carbocycles. The van der Waals surface area contributed by atoms with Crippen LogP contribution in [0.2, 0.25) is 0 Å². The molecule has 1 atom stereocenters. The molecule has 8 heteroatoms. The monoisotopic (exact) mass is 395 g/mol. The van der Waals surface area contributed by atoms with Crippen molar-refractivity contribution in [3.63, 3.8) is 0 Å². The smallest absolute Gasteiger partial charge is 0.416 e. The van der Waals surface area contributed by atoms with Crippen molar-refractivity contribution < 1.29 is 27.1 Å².